The third-order valence-corrected chi connectivity index (χ3v) is 3.95. The molecule has 2 heterocycles. The minimum atomic E-state index is -0.152. The van der Waals surface area contributed by atoms with E-state index >= 15 is 0 Å². The highest BCUT2D eigenvalue weighted by Gasteiger charge is 2.11. The van der Waals surface area contributed by atoms with E-state index in [1.165, 1.54) is 11.6 Å². The van der Waals surface area contributed by atoms with Gasteiger partial charge in [0.05, 0.1) is 5.69 Å². The molecule has 128 valence electrons. The summed E-state index contributed by atoms with van der Waals surface area (Å²) in [5.74, 6) is -0.152. The first kappa shape index (κ1) is 16.9. The highest BCUT2D eigenvalue weighted by molar-refractivity contribution is 5.94. The normalized spacial score (nSPS) is 12.5. The number of hydrogen-bond acceptors (Lipinski definition) is 4. The number of nitrogens with one attached hydrogen (secondary N) is 2. The predicted octanol–water partition coefficient (Wildman–Crippen LogP) is 2.05. The zero-order valence-electron chi connectivity index (χ0n) is 13.9. The maximum atomic E-state index is 12.3. The van der Waals surface area contributed by atoms with Crippen molar-refractivity contribution in [2.75, 3.05) is 6.54 Å². The molecule has 3 rings (SSSR count). The van der Waals surface area contributed by atoms with E-state index in [-0.39, 0.29) is 11.9 Å². The summed E-state index contributed by atoms with van der Waals surface area (Å²) in [5.41, 5.74) is 8.25. The Morgan fingerprint density at radius 3 is 2.88 bits per heavy atom. The summed E-state index contributed by atoms with van der Waals surface area (Å²) < 4.78 is 0. The van der Waals surface area contributed by atoms with Gasteiger partial charge < -0.3 is 11.1 Å². The first-order valence-corrected chi connectivity index (χ1v) is 8.28. The van der Waals surface area contributed by atoms with Crippen LogP contribution in [0.15, 0.2) is 54.7 Å². The molecule has 0 spiro atoms. The van der Waals surface area contributed by atoms with E-state index in [0.29, 0.717) is 12.2 Å². The van der Waals surface area contributed by atoms with Crippen molar-refractivity contribution in [1.82, 2.24) is 20.5 Å². The van der Waals surface area contributed by atoms with Gasteiger partial charge in [0.15, 0.2) is 5.65 Å². The summed E-state index contributed by atoms with van der Waals surface area (Å²) in [6.45, 7) is 0.526. The van der Waals surface area contributed by atoms with E-state index in [1.54, 1.807) is 12.3 Å². The third kappa shape index (κ3) is 4.51. The Morgan fingerprint density at radius 2 is 2.08 bits per heavy atom. The quantitative estimate of drug-likeness (QED) is 0.576. The number of nitrogens with zero attached hydrogens (tertiary/aromatic N) is 2. The Balaban J connectivity index is 1.65. The number of benzene rings is 1. The molecule has 4 N–H and O–H groups in total. The van der Waals surface area contributed by atoms with Crippen molar-refractivity contribution in [1.29, 1.82) is 0 Å². The summed E-state index contributed by atoms with van der Waals surface area (Å²) in [5, 5.41) is 10.9. The van der Waals surface area contributed by atoms with Gasteiger partial charge in [-0.3, -0.25) is 9.89 Å². The predicted molar refractivity (Wildman–Crippen MR) is 98.7 cm³/mol. The molecule has 1 atom stereocenters. The van der Waals surface area contributed by atoms with Crippen molar-refractivity contribution in [2.45, 2.75) is 18.9 Å². The second-order valence-electron chi connectivity index (χ2n) is 5.82. The molecular weight excluding hydrogens is 314 g/mol. The van der Waals surface area contributed by atoms with Crippen LogP contribution in [0.4, 0.5) is 0 Å². The van der Waals surface area contributed by atoms with Crippen LogP contribution in [0.2, 0.25) is 0 Å². The Labute approximate surface area is 146 Å². The molecule has 0 aliphatic carbocycles. The molecule has 0 unspecified atom stereocenters. The lowest BCUT2D eigenvalue weighted by molar-refractivity contribution is -0.117. The zero-order valence-corrected chi connectivity index (χ0v) is 13.9. The number of carbonyl (C=O) groups is 1. The van der Waals surface area contributed by atoms with Crippen molar-refractivity contribution in [3.05, 3.63) is 66.0 Å². The summed E-state index contributed by atoms with van der Waals surface area (Å²) in [6.07, 6.45) is 6.40. The molecule has 0 aliphatic rings. The monoisotopic (exact) mass is 335 g/mol. The number of rotatable bonds is 7. The Morgan fingerprint density at radius 1 is 1.24 bits per heavy atom. The van der Waals surface area contributed by atoms with Gasteiger partial charge in [0, 0.05) is 23.7 Å². The second-order valence-corrected chi connectivity index (χ2v) is 5.82. The Bertz CT molecular complexity index is 856. The van der Waals surface area contributed by atoms with Crippen LogP contribution < -0.4 is 11.1 Å². The topological polar surface area (TPSA) is 96.7 Å². The van der Waals surface area contributed by atoms with Crippen LogP contribution in [0.3, 0.4) is 0 Å². The molecule has 6 nitrogen and oxygen atoms in total. The molecule has 6 heteroatoms. The molecule has 3 aromatic rings. The molecule has 0 saturated heterocycles. The molecule has 25 heavy (non-hydrogen) atoms. The van der Waals surface area contributed by atoms with E-state index in [9.17, 15) is 4.79 Å². The third-order valence-electron chi connectivity index (χ3n) is 3.95. The number of aromatic nitrogens is 3. The first-order valence-electron chi connectivity index (χ1n) is 8.28. The van der Waals surface area contributed by atoms with Crippen molar-refractivity contribution >= 4 is 23.0 Å². The SMILES string of the molecule is NCC[C@H](Cc1ccccc1)NC(=O)C=Cc1[nH]nc2ncccc12. The lowest BCUT2D eigenvalue weighted by Crippen LogP contribution is -2.37. The van der Waals surface area contributed by atoms with Crippen LogP contribution in [0.1, 0.15) is 17.7 Å². The van der Waals surface area contributed by atoms with E-state index in [0.717, 1.165) is 23.9 Å². The van der Waals surface area contributed by atoms with E-state index in [1.807, 2.05) is 30.3 Å². The first-order chi connectivity index (χ1) is 12.3. The Kier molecular flexibility index (Phi) is 5.53. The molecule has 0 radical (unpaired) electrons. The average Bonchev–Trinajstić information content (AvgIpc) is 3.04. The number of aromatic amines is 1. The van der Waals surface area contributed by atoms with Crippen molar-refractivity contribution in [3.8, 4) is 0 Å². The highest BCUT2D eigenvalue weighted by atomic mass is 16.1. The van der Waals surface area contributed by atoms with Gasteiger partial charge in [0.2, 0.25) is 5.91 Å². The lowest BCUT2D eigenvalue weighted by atomic mass is 10.0. The van der Waals surface area contributed by atoms with Gasteiger partial charge in [0.1, 0.15) is 0 Å². The minimum absolute atomic E-state index is 0.00438. The molecule has 0 fully saturated rings. The highest BCUT2D eigenvalue weighted by Crippen LogP contribution is 2.14. The summed E-state index contributed by atoms with van der Waals surface area (Å²) in [7, 11) is 0. The van der Waals surface area contributed by atoms with Gasteiger partial charge >= 0.3 is 0 Å². The van der Waals surface area contributed by atoms with Crippen molar-refractivity contribution in [2.24, 2.45) is 5.73 Å². The smallest absolute Gasteiger partial charge is 0.244 e. The molecule has 0 saturated carbocycles. The number of pyridine rings is 1. The number of hydrogen-bond donors (Lipinski definition) is 3. The van der Waals surface area contributed by atoms with Crippen LogP contribution in [-0.2, 0) is 11.2 Å². The van der Waals surface area contributed by atoms with Gasteiger partial charge in [-0.2, -0.15) is 5.10 Å². The number of nitrogens with two attached hydrogens (primary N) is 1. The van der Waals surface area contributed by atoms with Crippen molar-refractivity contribution < 1.29 is 4.79 Å². The molecule has 0 aliphatic heterocycles. The van der Waals surface area contributed by atoms with E-state index < -0.39 is 0 Å². The average molecular weight is 335 g/mol. The van der Waals surface area contributed by atoms with Gasteiger partial charge in [-0.25, -0.2) is 4.98 Å². The van der Waals surface area contributed by atoms with Crippen LogP contribution in [0, 0.1) is 0 Å². The van der Waals surface area contributed by atoms with Crippen LogP contribution in [0.5, 0.6) is 0 Å². The minimum Gasteiger partial charge on any atom is -0.349 e. The number of amides is 1. The molecule has 0 bridgehead atoms. The fraction of sp³-hybridized carbons (Fsp3) is 0.211. The summed E-state index contributed by atoms with van der Waals surface area (Å²) in [4.78, 5) is 16.4. The van der Waals surface area contributed by atoms with Gasteiger partial charge in [-0.05, 0) is 43.2 Å². The van der Waals surface area contributed by atoms with Gasteiger partial charge in [0.25, 0.3) is 0 Å². The summed E-state index contributed by atoms with van der Waals surface area (Å²) in [6, 6.07) is 13.8. The fourth-order valence-corrected chi connectivity index (χ4v) is 2.73. The molecule has 1 amide bonds. The fourth-order valence-electron chi connectivity index (χ4n) is 2.73. The number of H-pyrrole nitrogens is 1. The Hall–Kier alpha value is -2.99. The summed E-state index contributed by atoms with van der Waals surface area (Å²) >= 11 is 0. The van der Waals surface area contributed by atoms with Crippen LogP contribution in [0.25, 0.3) is 17.1 Å². The maximum absolute atomic E-state index is 12.3. The lowest BCUT2D eigenvalue weighted by Gasteiger charge is -2.17. The standard InChI is InChI=1S/C19H21N5O/c20-11-10-15(13-14-5-2-1-3-6-14)22-18(25)9-8-17-16-7-4-12-21-19(16)24-23-17/h1-9,12,15H,10-11,13,20H2,(H,22,25)(H,21,23,24)/t15-/m1/s1. The number of carbonyl (C=O) groups excluding carboxylic acids is 1. The van der Waals surface area contributed by atoms with E-state index in [4.69, 9.17) is 5.73 Å². The van der Waals surface area contributed by atoms with Gasteiger partial charge in [-0.1, -0.05) is 30.3 Å². The largest absolute Gasteiger partial charge is 0.349 e. The maximum Gasteiger partial charge on any atom is 0.244 e. The second kappa shape index (κ2) is 8.21. The van der Waals surface area contributed by atoms with Crippen LogP contribution in [-0.4, -0.2) is 33.7 Å². The van der Waals surface area contributed by atoms with E-state index in [2.05, 4.69) is 32.6 Å². The number of fused-ring (bicyclic) bond motifs is 1. The van der Waals surface area contributed by atoms with Gasteiger partial charge in [-0.15, -0.1) is 0 Å². The van der Waals surface area contributed by atoms with Crippen molar-refractivity contribution in [3.63, 3.8) is 0 Å². The van der Waals surface area contributed by atoms with Crippen LogP contribution >= 0.6 is 0 Å². The molecule has 2 aromatic heterocycles. The molecule has 1 aromatic carbocycles. The molecular formula is C19H21N5O. The zero-order chi connectivity index (χ0) is 17.5.